The summed E-state index contributed by atoms with van der Waals surface area (Å²) >= 11 is 0. The van der Waals surface area contributed by atoms with E-state index in [9.17, 15) is 13.2 Å². The number of hydrogen-bond acceptors (Lipinski definition) is 3. The second kappa shape index (κ2) is 12.3. The molecular formula is C29H20F3IrN3-2. The van der Waals surface area contributed by atoms with E-state index in [1.807, 2.05) is 61.5 Å². The van der Waals surface area contributed by atoms with Crippen LogP contribution in [-0.2, 0) is 26.3 Å². The third-order valence-corrected chi connectivity index (χ3v) is 5.11. The molecule has 0 aliphatic carbocycles. The van der Waals surface area contributed by atoms with E-state index < -0.39 is 11.7 Å². The normalized spacial score (nSPS) is 10.6. The van der Waals surface area contributed by atoms with Crippen molar-refractivity contribution in [3.8, 4) is 33.6 Å². The predicted molar refractivity (Wildman–Crippen MR) is 130 cm³/mol. The Morgan fingerprint density at radius 2 is 1.56 bits per heavy atom. The van der Waals surface area contributed by atoms with Crippen molar-refractivity contribution in [3.05, 3.63) is 127 Å². The minimum atomic E-state index is -4.42. The molecule has 36 heavy (non-hydrogen) atoms. The SMILES string of the molecule is Cc1cc(-c2[c-]c(C(F)(F)F)ccc2)ncc1-c1cccnc1.[Ir].[c-]1ccccc1-c1ccccn1. The zero-order valence-electron chi connectivity index (χ0n) is 19.1. The Labute approximate surface area is 221 Å². The number of pyridine rings is 3. The first kappa shape index (κ1) is 26.9. The average molecular weight is 660 g/mol. The van der Waals surface area contributed by atoms with Gasteiger partial charge in [0, 0.05) is 56.0 Å². The summed E-state index contributed by atoms with van der Waals surface area (Å²) in [5.41, 5.74) is 4.71. The van der Waals surface area contributed by atoms with Crippen LogP contribution >= 0.6 is 0 Å². The quantitative estimate of drug-likeness (QED) is 0.189. The molecule has 0 spiro atoms. The first-order chi connectivity index (χ1) is 16.9. The molecule has 3 aromatic heterocycles. The van der Waals surface area contributed by atoms with Crippen LogP contribution in [0.15, 0.2) is 104 Å². The van der Waals surface area contributed by atoms with E-state index in [2.05, 4.69) is 27.1 Å². The van der Waals surface area contributed by atoms with Gasteiger partial charge in [-0.2, -0.15) is 13.2 Å². The van der Waals surface area contributed by atoms with E-state index in [0.29, 0.717) is 11.3 Å². The molecule has 0 N–H and O–H groups in total. The Hall–Kier alpha value is -3.67. The zero-order valence-corrected chi connectivity index (χ0v) is 21.5. The van der Waals surface area contributed by atoms with E-state index in [1.165, 1.54) is 6.07 Å². The number of benzene rings is 2. The number of halogens is 3. The number of aromatic nitrogens is 3. The molecule has 7 heteroatoms. The maximum absolute atomic E-state index is 12.8. The van der Waals surface area contributed by atoms with Crippen LogP contribution in [0.4, 0.5) is 13.2 Å². The monoisotopic (exact) mass is 660 g/mol. The van der Waals surface area contributed by atoms with Crippen LogP contribution in [0.1, 0.15) is 11.1 Å². The van der Waals surface area contributed by atoms with Gasteiger partial charge in [-0.3, -0.25) is 4.98 Å². The smallest absolute Gasteiger partial charge is 0.305 e. The average Bonchev–Trinajstić information content (AvgIpc) is 2.90. The minimum absolute atomic E-state index is 0. The fourth-order valence-electron chi connectivity index (χ4n) is 3.39. The molecule has 0 unspecified atom stereocenters. The first-order valence-electron chi connectivity index (χ1n) is 10.8. The van der Waals surface area contributed by atoms with Crippen LogP contribution in [0.5, 0.6) is 0 Å². The van der Waals surface area contributed by atoms with E-state index in [0.717, 1.165) is 34.0 Å². The molecule has 0 saturated heterocycles. The summed E-state index contributed by atoms with van der Waals surface area (Å²) in [5.74, 6) is 0. The van der Waals surface area contributed by atoms with E-state index in [-0.39, 0.29) is 20.1 Å². The molecule has 183 valence electrons. The maximum atomic E-state index is 12.8. The first-order valence-corrected chi connectivity index (χ1v) is 10.8. The van der Waals surface area contributed by atoms with E-state index in [4.69, 9.17) is 0 Å². The molecule has 0 amide bonds. The molecule has 5 rings (SSSR count). The van der Waals surface area contributed by atoms with Gasteiger partial charge in [-0.25, -0.2) is 0 Å². The summed E-state index contributed by atoms with van der Waals surface area (Å²) in [5, 5.41) is 0. The minimum Gasteiger partial charge on any atom is -0.305 e. The molecule has 0 saturated carbocycles. The molecule has 0 aliphatic heterocycles. The topological polar surface area (TPSA) is 38.7 Å². The second-order valence-electron chi connectivity index (χ2n) is 7.59. The molecule has 2 aromatic carbocycles. The van der Waals surface area contributed by atoms with Crippen LogP contribution in [0.25, 0.3) is 33.6 Å². The summed E-state index contributed by atoms with van der Waals surface area (Å²) in [6.45, 7) is 1.89. The van der Waals surface area contributed by atoms with Gasteiger partial charge in [-0.1, -0.05) is 24.3 Å². The van der Waals surface area contributed by atoms with Crippen LogP contribution in [-0.4, -0.2) is 15.0 Å². The number of alkyl halides is 3. The van der Waals surface area contributed by atoms with Gasteiger partial charge in [0.2, 0.25) is 0 Å². The number of rotatable bonds is 3. The molecule has 5 aromatic rings. The van der Waals surface area contributed by atoms with Crippen molar-refractivity contribution in [2.75, 3.05) is 0 Å². The summed E-state index contributed by atoms with van der Waals surface area (Å²) in [7, 11) is 0. The van der Waals surface area contributed by atoms with Gasteiger partial charge >= 0.3 is 6.18 Å². The van der Waals surface area contributed by atoms with E-state index in [1.54, 1.807) is 36.9 Å². The fourth-order valence-corrected chi connectivity index (χ4v) is 3.39. The Morgan fingerprint density at radius 1 is 0.750 bits per heavy atom. The van der Waals surface area contributed by atoms with Crippen LogP contribution in [0.3, 0.4) is 0 Å². The molecule has 0 atom stereocenters. The van der Waals surface area contributed by atoms with Crippen molar-refractivity contribution < 1.29 is 33.3 Å². The number of hydrogen-bond donors (Lipinski definition) is 0. The summed E-state index contributed by atoms with van der Waals surface area (Å²) in [6.07, 6.45) is 2.42. The summed E-state index contributed by atoms with van der Waals surface area (Å²) in [6, 6.07) is 28.6. The van der Waals surface area contributed by atoms with Gasteiger partial charge < -0.3 is 9.97 Å². The van der Waals surface area contributed by atoms with Gasteiger partial charge in [0.25, 0.3) is 0 Å². The van der Waals surface area contributed by atoms with Gasteiger partial charge in [-0.05, 0) is 41.6 Å². The Balaban J connectivity index is 0.000000234. The third-order valence-electron chi connectivity index (χ3n) is 5.11. The van der Waals surface area contributed by atoms with Crippen molar-refractivity contribution in [1.82, 2.24) is 15.0 Å². The fraction of sp³-hybridized carbons (Fsp3) is 0.0690. The van der Waals surface area contributed by atoms with Crippen molar-refractivity contribution in [3.63, 3.8) is 0 Å². The molecule has 0 aliphatic rings. The zero-order chi connectivity index (χ0) is 24.7. The van der Waals surface area contributed by atoms with Gasteiger partial charge in [0.15, 0.2) is 0 Å². The maximum Gasteiger partial charge on any atom is 0.399 e. The summed E-state index contributed by atoms with van der Waals surface area (Å²) < 4.78 is 38.4. The van der Waals surface area contributed by atoms with Crippen LogP contribution < -0.4 is 0 Å². The van der Waals surface area contributed by atoms with Crippen molar-refractivity contribution in [2.24, 2.45) is 0 Å². The van der Waals surface area contributed by atoms with E-state index >= 15 is 0 Å². The Kier molecular flexibility index (Phi) is 9.23. The van der Waals surface area contributed by atoms with Crippen molar-refractivity contribution in [2.45, 2.75) is 13.1 Å². The standard InChI is InChI=1S/C18H12F3N2.C11H8N.Ir/c1-12-8-17(13-4-2-6-15(9-13)18(19,20)21)23-11-16(12)14-5-3-7-22-10-14;1-2-6-10(7-3-1)11-8-4-5-9-12-11;/h2-8,10-11H,1H3;1-6,8-9H;/q2*-1;. The van der Waals surface area contributed by atoms with Crippen LogP contribution in [0.2, 0.25) is 0 Å². The number of nitrogens with zero attached hydrogens (tertiary/aromatic N) is 3. The van der Waals surface area contributed by atoms with Crippen LogP contribution in [0, 0.1) is 19.1 Å². The molecule has 3 heterocycles. The Bertz CT molecular complexity index is 1340. The third kappa shape index (κ3) is 6.94. The second-order valence-corrected chi connectivity index (χ2v) is 7.59. The molecule has 0 fully saturated rings. The largest absolute Gasteiger partial charge is 0.399 e. The van der Waals surface area contributed by atoms with Gasteiger partial charge in [0.05, 0.1) is 0 Å². The molecular weight excluding hydrogens is 640 g/mol. The van der Waals surface area contributed by atoms with Gasteiger partial charge in [0.1, 0.15) is 0 Å². The Morgan fingerprint density at radius 3 is 2.19 bits per heavy atom. The molecule has 0 bridgehead atoms. The van der Waals surface area contributed by atoms with Crippen molar-refractivity contribution >= 4 is 0 Å². The van der Waals surface area contributed by atoms with Gasteiger partial charge in [-0.15, -0.1) is 65.7 Å². The molecule has 1 radical (unpaired) electrons. The molecule has 3 nitrogen and oxygen atoms in total. The number of aryl methyl sites for hydroxylation is 1. The summed E-state index contributed by atoms with van der Waals surface area (Å²) in [4.78, 5) is 12.6. The predicted octanol–water partition coefficient (Wildman–Crippen LogP) is 7.48. The van der Waals surface area contributed by atoms with Crippen molar-refractivity contribution in [1.29, 1.82) is 0 Å².